The van der Waals surface area contributed by atoms with E-state index in [-0.39, 0.29) is 0 Å². The van der Waals surface area contributed by atoms with Crippen molar-refractivity contribution in [3.8, 4) is 0 Å². The molecule has 0 N–H and O–H groups in total. The molecule has 0 atom stereocenters. The summed E-state index contributed by atoms with van der Waals surface area (Å²) in [5, 5.41) is -1.15. The molecule has 0 unspecified atom stereocenters. The van der Waals surface area contributed by atoms with E-state index in [4.69, 9.17) is 11.6 Å². The van der Waals surface area contributed by atoms with E-state index >= 15 is 0 Å². The van der Waals surface area contributed by atoms with Crippen molar-refractivity contribution >= 4 is 27.7 Å². The first kappa shape index (κ1) is 11.0. The maximum absolute atomic E-state index is 13.3. The number of rotatable bonds is 2. The summed E-state index contributed by atoms with van der Waals surface area (Å²) in [6.45, 7) is 0. The van der Waals surface area contributed by atoms with Crippen LogP contribution in [0, 0.1) is 0 Å². The molecule has 1 aromatic carbocycles. The van der Waals surface area contributed by atoms with Crippen LogP contribution in [0.15, 0.2) is 36.5 Å². The summed E-state index contributed by atoms with van der Waals surface area (Å²) in [7, 11) is 0. The van der Waals surface area contributed by atoms with Gasteiger partial charge in [0.25, 0.3) is 5.24 Å². The van der Waals surface area contributed by atoms with Crippen molar-refractivity contribution in [3.63, 3.8) is 0 Å². The minimum Gasteiger partial charge on any atom is -0.274 e. The average Bonchev–Trinajstić information content (AvgIpc) is 2.28. The number of hydrogen-bond donors (Lipinski definition) is 0. The molecule has 5 heteroatoms. The molecule has 82 valence electrons. The Balaban J connectivity index is 2.59. The fraction of sp³-hybridized carbons (Fsp3) is 0.0909. The van der Waals surface area contributed by atoms with Gasteiger partial charge in [0.2, 0.25) is 0 Å². The standard InChI is InChI=1S/C11H6ClF2NO/c12-10(16)11(13,14)8-3-4-9-7(6-8)2-1-5-15-9/h1-6H. The van der Waals surface area contributed by atoms with E-state index in [1.165, 1.54) is 12.1 Å². The minimum absolute atomic E-state index is 0.423. The van der Waals surface area contributed by atoms with Gasteiger partial charge in [-0.2, -0.15) is 8.78 Å². The van der Waals surface area contributed by atoms with Gasteiger partial charge >= 0.3 is 5.92 Å². The lowest BCUT2D eigenvalue weighted by atomic mass is 10.1. The summed E-state index contributed by atoms with van der Waals surface area (Å²) in [4.78, 5) is 14.6. The predicted molar refractivity (Wildman–Crippen MR) is 56.5 cm³/mol. The van der Waals surface area contributed by atoms with E-state index in [0.717, 1.165) is 6.07 Å². The highest BCUT2D eigenvalue weighted by atomic mass is 35.5. The number of benzene rings is 1. The molecule has 2 aromatic rings. The van der Waals surface area contributed by atoms with Gasteiger partial charge in [-0.15, -0.1) is 0 Å². The Labute approximate surface area is 94.9 Å². The second-order valence-corrected chi connectivity index (χ2v) is 3.60. The van der Waals surface area contributed by atoms with Crippen molar-refractivity contribution in [2.24, 2.45) is 0 Å². The van der Waals surface area contributed by atoms with Crippen LogP contribution in [-0.4, -0.2) is 10.2 Å². The number of hydrogen-bond acceptors (Lipinski definition) is 2. The third-order valence-corrected chi connectivity index (χ3v) is 2.45. The zero-order valence-electron chi connectivity index (χ0n) is 7.95. The van der Waals surface area contributed by atoms with Gasteiger partial charge in [-0.25, -0.2) is 0 Å². The summed E-state index contributed by atoms with van der Waals surface area (Å²) in [5.41, 5.74) is 0.164. The second kappa shape index (κ2) is 3.79. The number of pyridine rings is 1. The Hall–Kier alpha value is -1.55. The van der Waals surface area contributed by atoms with Gasteiger partial charge in [0, 0.05) is 17.1 Å². The summed E-state index contributed by atoms with van der Waals surface area (Å²) in [6.07, 6.45) is 1.56. The molecular weight excluding hydrogens is 236 g/mol. The SMILES string of the molecule is O=C(Cl)C(F)(F)c1ccc2ncccc2c1. The zero-order chi connectivity index (χ0) is 11.8. The van der Waals surface area contributed by atoms with E-state index in [1.54, 1.807) is 18.3 Å². The maximum atomic E-state index is 13.3. The van der Waals surface area contributed by atoms with E-state index < -0.39 is 16.7 Å². The molecule has 0 saturated carbocycles. The summed E-state index contributed by atoms with van der Waals surface area (Å²) < 4.78 is 26.6. The molecule has 0 amide bonds. The maximum Gasteiger partial charge on any atom is 0.345 e. The van der Waals surface area contributed by atoms with E-state index in [0.29, 0.717) is 10.9 Å². The lowest BCUT2D eigenvalue weighted by molar-refractivity contribution is -0.135. The fourth-order valence-corrected chi connectivity index (χ4v) is 1.49. The lowest BCUT2D eigenvalue weighted by Crippen LogP contribution is -2.21. The number of carbonyl (C=O) groups is 1. The van der Waals surface area contributed by atoms with Crippen LogP contribution in [0.5, 0.6) is 0 Å². The molecule has 0 aliphatic rings. The van der Waals surface area contributed by atoms with Crippen LogP contribution in [0.1, 0.15) is 5.56 Å². The van der Waals surface area contributed by atoms with Crippen molar-refractivity contribution in [3.05, 3.63) is 42.1 Å². The highest BCUT2D eigenvalue weighted by Gasteiger charge is 2.39. The largest absolute Gasteiger partial charge is 0.345 e. The van der Waals surface area contributed by atoms with Crippen LogP contribution in [0.4, 0.5) is 8.78 Å². The third kappa shape index (κ3) is 1.76. The van der Waals surface area contributed by atoms with Gasteiger partial charge in [0.1, 0.15) is 0 Å². The van der Waals surface area contributed by atoms with Crippen LogP contribution in [0.2, 0.25) is 0 Å². The molecule has 0 fully saturated rings. The average molecular weight is 242 g/mol. The van der Waals surface area contributed by atoms with Crippen molar-refractivity contribution in [1.82, 2.24) is 4.98 Å². The van der Waals surface area contributed by atoms with Crippen LogP contribution in [-0.2, 0) is 10.7 Å². The van der Waals surface area contributed by atoms with Gasteiger partial charge in [-0.05, 0) is 29.8 Å². The minimum atomic E-state index is -3.66. The van der Waals surface area contributed by atoms with E-state index in [9.17, 15) is 13.6 Å². The lowest BCUT2D eigenvalue weighted by Gasteiger charge is -2.11. The number of carbonyl (C=O) groups excluding carboxylic acids is 1. The molecule has 1 aromatic heterocycles. The number of halogens is 3. The summed E-state index contributed by atoms with van der Waals surface area (Å²) in [6, 6.07) is 7.06. The molecule has 0 saturated heterocycles. The Morgan fingerprint density at radius 1 is 1.31 bits per heavy atom. The highest BCUT2D eigenvalue weighted by Crippen LogP contribution is 2.31. The summed E-state index contributed by atoms with van der Waals surface area (Å²) in [5.74, 6) is -3.66. The van der Waals surface area contributed by atoms with Crippen LogP contribution in [0.25, 0.3) is 10.9 Å². The number of nitrogens with zero attached hydrogens (tertiary/aromatic N) is 1. The highest BCUT2D eigenvalue weighted by molar-refractivity contribution is 6.65. The quantitative estimate of drug-likeness (QED) is 0.757. The normalized spacial score (nSPS) is 11.7. The Bertz CT molecular complexity index is 556. The molecule has 0 aliphatic heterocycles. The Kier molecular flexibility index (Phi) is 2.59. The topological polar surface area (TPSA) is 30.0 Å². The van der Waals surface area contributed by atoms with Gasteiger partial charge < -0.3 is 0 Å². The zero-order valence-corrected chi connectivity index (χ0v) is 8.71. The molecule has 16 heavy (non-hydrogen) atoms. The second-order valence-electron chi connectivity index (χ2n) is 3.26. The number of alkyl halides is 2. The number of fused-ring (bicyclic) bond motifs is 1. The molecule has 0 aliphatic carbocycles. The van der Waals surface area contributed by atoms with Gasteiger partial charge in [-0.1, -0.05) is 12.1 Å². The van der Waals surface area contributed by atoms with Gasteiger partial charge in [-0.3, -0.25) is 9.78 Å². The fourth-order valence-electron chi connectivity index (χ4n) is 1.38. The van der Waals surface area contributed by atoms with Crippen molar-refractivity contribution in [2.45, 2.75) is 5.92 Å². The molecule has 2 nitrogen and oxygen atoms in total. The van der Waals surface area contributed by atoms with Crippen molar-refractivity contribution < 1.29 is 13.6 Å². The van der Waals surface area contributed by atoms with Crippen molar-refractivity contribution in [2.75, 3.05) is 0 Å². The smallest absolute Gasteiger partial charge is 0.274 e. The molecule has 0 bridgehead atoms. The molecule has 1 heterocycles. The summed E-state index contributed by atoms with van der Waals surface area (Å²) >= 11 is 4.85. The Morgan fingerprint density at radius 3 is 2.75 bits per heavy atom. The van der Waals surface area contributed by atoms with Crippen LogP contribution >= 0.6 is 11.6 Å². The molecule has 2 rings (SSSR count). The Morgan fingerprint density at radius 2 is 2.06 bits per heavy atom. The van der Waals surface area contributed by atoms with Gasteiger partial charge in [0.15, 0.2) is 0 Å². The third-order valence-electron chi connectivity index (χ3n) is 2.21. The van der Waals surface area contributed by atoms with E-state index in [1.807, 2.05) is 0 Å². The first-order valence-corrected chi connectivity index (χ1v) is 4.82. The van der Waals surface area contributed by atoms with Crippen molar-refractivity contribution in [1.29, 1.82) is 0 Å². The van der Waals surface area contributed by atoms with Crippen LogP contribution < -0.4 is 0 Å². The van der Waals surface area contributed by atoms with E-state index in [2.05, 4.69) is 4.98 Å². The number of aromatic nitrogens is 1. The molecule has 0 radical (unpaired) electrons. The van der Waals surface area contributed by atoms with Gasteiger partial charge in [0.05, 0.1) is 5.52 Å². The first-order chi connectivity index (χ1) is 7.51. The molecule has 0 spiro atoms. The molecular formula is C11H6ClF2NO. The predicted octanol–water partition coefficient (Wildman–Crippen LogP) is 3.09. The van der Waals surface area contributed by atoms with Crippen LogP contribution in [0.3, 0.4) is 0 Å². The first-order valence-electron chi connectivity index (χ1n) is 4.45. The monoisotopic (exact) mass is 241 g/mol.